The summed E-state index contributed by atoms with van der Waals surface area (Å²) in [5, 5.41) is 0. The predicted octanol–water partition coefficient (Wildman–Crippen LogP) is 3.29. The quantitative estimate of drug-likeness (QED) is 0.741. The van der Waals surface area contributed by atoms with Crippen molar-refractivity contribution in [1.82, 2.24) is 9.21 Å². The van der Waals surface area contributed by atoms with E-state index in [2.05, 4.69) is 15.9 Å². The zero-order chi connectivity index (χ0) is 18.7. The van der Waals surface area contributed by atoms with Gasteiger partial charge < -0.3 is 4.90 Å². The maximum absolute atomic E-state index is 12.9. The third kappa shape index (κ3) is 4.00. The van der Waals surface area contributed by atoms with Crippen LogP contribution in [0.15, 0.2) is 57.9 Å². The monoisotopic (exact) mass is 436 g/mol. The van der Waals surface area contributed by atoms with Gasteiger partial charge in [-0.3, -0.25) is 4.79 Å². The van der Waals surface area contributed by atoms with Gasteiger partial charge in [-0.25, -0.2) is 8.42 Å². The topological polar surface area (TPSA) is 57.7 Å². The van der Waals surface area contributed by atoms with Gasteiger partial charge in [-0.05, 0) is 53.5 Å². The molecule has 1 aliphatic rings. The minimum atomic E-state index is -3.54. The molecule has 0 atom stereocenters. The molecular weight excluding hydrogens is 416 g/mol. The Bertz CT molecular complexity index is 897. The van der Waals surface area contributed by atoms with Gasteiger partial charge in [0, 0.05) is 30.7 Å². The standard InChI is InChI=1S/C19H21BrN2O3S/c1-15-7-9-16(10-8-15)26(24,25)22-12-4-11-21(13-14-22)19(23)17-5-2-3-6-18(17)20/h2-3,5-10H,4,11-14H2,1H3. The maximum Gasteiger partial charge on any atom is 0.255 e. The van der Waals surface area contributed by atoms with Crippen LogP contribution in [0.5, 0.6) is 0 Å². The lowest BCUT2D eigenvalue weighted by Crippen LogP contribution is -2.37. The number of rotatable bonds is 3. The van der Waals surface area contributed by atoms with E-state index < -0.39 is 10.0 Å². The van der Waals surface area contributed by atoms with E-state index in [1.54, 1.807) is 35.2 Å². The average molecular weight is 437 g/mol. The molecule has 0 unspecified atom stereocenters. The molecule has 3 rings (SSSR count). The number of benzene rings is 2. The third-order valence-corrected chi connectivity index (χ3v) is 7.11. The van der Waals surface area contributed by atoms with Crippen molar-refractivity contribution in [3.63, 3.8) is 0 Å². The first-order valence-electron chi connectivity index (χ1n) is 8.50. The molecule has 0 spiro atoms. The number of carbonyl (C=O) groups is 1. The maximum atomic E-state index is 12.9. The lowest BCUT2D eigenvalue weighted by atomic mass is 10.2. The number of amides is 1. The molecule has 7 heteroatoms. The highest BCUT2D eigenvalue weighted by Gasteiger charge is 2.28. The summed E-state index contributed by atoms with van der Waals surface area (Å²) in [6.45, 7) is 3.56. The molecule has 1 heterocycles. The molecule has 0 aromatic heterocycles. The Labute approximate surface area is 162 Å². The Balaban J connectivity index is 1.75. The van der Waals surface area contributed by atoms with Crippen molar-refractivity contribution >= 4 is 31.9 Å². The van der Waals surface area contributed by atoms with E-state index in [0.717, 1.165) is 10.0 Å². The summed E-state index contributed by atoms with van der Waals surface area (Å²) in [6.07, 6.45) is 0.612. The second-order valence-electron chi connectivity index (χ2n) is 6.34. The van der Waals surface area contributed by atoms with Crippen LogP contribution in [0.1, 0.15) is 22.3 Å². The molecule has 0 aliphatic carbocycles. The Morgan fingerprint density at radius 3 is 2.35 bits per heavy atom. The van der Waals surface area contributed by atoms with Gasteiger partial charge in [0.15, 0.2) is 0 Å². The molecule has 1 fully saturated rings. The molecule has 0 radical (unpaired) electrons. The number of hydrogen-bond acceptors (Lipinski definition) is 3. The van der Waals surface area contributed by atoms with E-state index in [-0.39, 0.29) is 5.91 Å². The van der Waals surface area contributed by atoms with Crippen LogP contribution in [0, 0.1) is 6.92 Å². The van der Waals surface area contributed by atoms with Gasteiger partial charge in [-0.1, -0.05) is 29.8 Å². The lowest BCUT2D eigenvalue weighted by Gasteiger charge is -2.22. The first-order valence-corrected chi connectivity index (χ1v) is 10.7. The third-order valence-electron chi connectivity index (χ3n) is 4.51. The van der Waals surface area contributed by atoms with Gasteiger partial charge >= 0.3 is 0 Å². The largest absolute Gasteiger partial charge is 0.337 e. The molecule has 1 saturated heterocycles. The summed E-state index contributed by atoms with van der Waals surface area (Å²) in [4.78, 5) is 14.8. The molecule has 0 saturated carbocycles. The number of carbonyl (C=O) groups excluding carboxylic acids is 1. The molecule has 1 amide bonds. The van der Waals surface area contributed by atoms with Crippen molar-refractivity contribution in [1.29, 1.82) is 0 Å². The molecule has 138 valence electrons. The minimum absolute atomic E-state index is 0.0768. The Morgan fingerprint density at radius 2 is 1.65 bits per heavy atom. The molecule has 0 N–H and O–H groups in total. The van der Waals surface area contributed by atoms with Gasteiger partial charge in [0.05, 0.1) is 10.5 Å². The van der Waals surface area contributed by atoms with Gasteiger partial charge in [0.1, 0.15) is 0 Å². The van der Waals surface area contributed by atoms with Crippen LogP contribution in [0.4, 0.5) is 0 Å². The van der Waals surface area contributed by atoms with Crippen molar-refractivity contribution in [3.8, 4) is 0 Å². The second-order valence-corrected chi connectivity index (χ2v) is 9.14. The van der Waals surface area contributed by atoms with E-state index in [9.17, 15) is 13.2 Å². The Morgan fingerprint density at radius 1 is 0.962 bits per heavy atom. The minimum Gasteiger partial charge on any atom is -0.337 e. The smallest absolute Gasteiger partial charge is 0.255 e. The molecule has 2 aromatic carbocycles. The molecular formula is C19H21BrN2O3S. The predicted molar refractivity (Wildman–Crippen MR) is 105 cm³/mol. The van der Waals surface area contributed by atoms with Crippen LogP contribution in [-0.2, 0) is 10.0 Å². The summed E-state index contributed by atoms with van der Waals surface area (Å²) in [7, 11) is -3.54. The van der Waals surface area contributed by atoms with Crippen LogP contribution >= 0.6 is 15.9 Å². The number of sulfonamides is 1. The molecule has 1 aliphatic heterocycles. The van der Waals surface area contributed by atoms with E-state index in [1.807, 2.05) is 25.1 Å². The number of halogens is 1. The van der Waals surface area contributed by atoms with Crippen molar-refractivity contribution < 1.29 is 13.2 Å². The summed E-state index contributed by atoms with van der Waals surface area (Å²) in [5.41, 5.74) is 1.62. The summed E-state index contributed by atoms with van der Waals surface area (Å²) in [5.74, 6) is -0.0768. The zero-order valence-electron chi connectivity index (χ0n) is 14.6. The number of hydrogen-bond donors (Lipinski definition) is 0. The molecule has 0 bridgehead atoms. The molecule has 5 nitrogen and oxygen atoms in total. The van der Waals surface area contributed by atoms with Gasteiger partial charge in [0.25, 0.3) is 5.91 Å². The highest BCUT2D eigenvalue weighted by molar-refractivity contribution is 9.10. The fourth-order valence-corrected chi connectivity index (χ4v) is 4.93. The fourth-order valence-electron chi connectivity index (χ4n) is 3.00. The fraction of sp³-hybridized carbons (Fsp3) is 0.316. The van der Waals surface area contributed by atoms with Crippen LogP contribution in [0.3, 0.4) is 0 Å². The van der Waals surface area contributed by atoms with E-state index in [1.165, 1.54) is 4.31 Å². The van der Waals surface area contributed by atoms with Crippen LogP contribution < -0.4 is 0 Å². The highest BCUT2D eigenvalue weighted by Crippen LogP contribution is 2.21. The molecule has 2 aromatic rings. The first kappa shape index (κ1) is 19.1. The average Bonchev–Trinajstić information content (AvgIpc) is 2.89. The highest BCUT2D eigenvalue weighted by atomic mass is 79.9. The number of nitrogens with zero attached hydrogens (tertiary/aromatic N) is 2. The normalized spacial score (nSPS) is 16.3. The van der Waals surface area contributed by atoms with E-state index in [0.29, 0.717) is 43.1 Å². The summed E-state index contributed by atoms with van der Waals surface area (Å²) >= 11 is 3.41. The van der Waals surface area contributed by atoms with E-state index >= 15 is 0 Å². The zero-order valence-corrected chi connectivity index (χ0v) is 17.0. The second kappa shape index (κ2) is 7.90. The molecule has 26 heavy (non-hydrogen) atoms. The van der Waals surface area contributed by atoms with E-state index in [4.69, 9.17) is 0 Å². The van der Waals surface area contributed by atoms with Crippen molar-refractivity contribution in [2.24, 2.45) is 0 Å². The van der Waals surface area contributed by atoms with Gasteiger partial charge in [0.2, 0.25) is 10.0 Å². The van der Waals surface area contributed by atoms with Crippen molar-refractivity contribution in [2.75, 3.05) is 26.2 Å². The number of aryl methyl sites for hydroxylation is 1. The Hall–Kier alpha value is -1.70. The summed E-state index contributed by atoms with van der Waals surface area (Å²) < 4.78 is 28.0. The van der Waals surface area contributed by atoms with Crippen molar-refractivity contribution in [2.45, 2.75) is 18.2 Å². The first-order chi connectivity index (χ1) is 12.4. The Kier molecular flexibility index (Phi) is 5.79. The van der Waals surface area contributed by atoms with Crippen LogP contribution in [-0.4, -0.2) is 49.7 Å². The SMILES string of the molecule is Cc1ccc(S(=O)(=O)N2CCCN(C(=O)c3ccccc3Br)CC2)cc1. The van der Waals surface area contributed by atoms with Crippen LogP contribution in [0.25, 0.3) is 0 Å². The van der Waals surface area contributed by atoms with Gasteiger partial charge in [-0.15, -0.1) is 0 Å². The van der Waals surface area contributed by atoms with Crippen molar-refractivity contribution in [3.05, 3.63) is 64.1 Å². The van der Waals surface area contributed by atoms with Gasteiger partial charge in [-0.2, -0.15) is 4.31 Å². The van der Waals surface area contributed by atoms with Crippen LogP contribution in [0.2, 0.25) is 0 Å². The lowest BCUT2D eigenvalue weighted by molar-refractivity contribution is 0.0763. The summed E-state index contributed by atoms with van der Waals surface area (Å²) in [6, 6.07) is 14.2.